The van der Waals surface area contributed by atoms with Crippen molar-refractivity contribution in [1.82, 2.24) is 9.55 Å². The van der Waals surface area contributed by atoms with Crippen molar-refractivity contribution in [3.05, 3.63) is 91.3 Å². The van der Waals surface area contributed by atoms with E-state index in [2.05, 4.69) is 11.9 Å². The number of rotatable bonds is 5. The smallest absolute Gasteiger partial charge is 0.113 e. The standard InChI is InChI=1S/C23H20N4/c1-2-27-20(15-16-25-18-11-7-4-8-12-18)22(24)23-21(27)14-13-19(26-23)17-9-5-3-6-10-17/h2-16,25H,1,24H2/b16-15-. The highest BCUT2D eigenvalue weighted by molar-refractivity contribution is 5.96. The predicted octanol–water partition coefficient (Wildman–Crippen LogP) is 5.47. The second kappa shape index (κ2) is 7.22. The Bertz CT molecular complexity index is 1110. The van der Waals surface area contributed by atoms with Crippen molar-refractivity contribution in [3.8, 4) is 11.3 Å². The minimum absolute atomic E-state index is 0.633. The second-order valence-corrected chi connectivity index (χ2v) is 6.13. The summed E-state index contributed by atoms with van der Waals surface area (Å²) >= 11 is 0. The molecule has 0 saturated heterocycles. The van der Waals surface area contributed by atoms with Crippen LogP contribution in [0.1, 0.15) is 5.69 Å². The molecule has 0 aliphatic rings. The first-order valence-corrected chi connectivity index (χ1v) is 8.74. The van der Waals surface area contributed by atoms with Gasteiger partial charge in [0.15, 0.2) is 0 Å². The van der Waals surface area contributed by atoms with Crippen LogP contribution in [0, 0.1) is 0 Å². The third-order valence-electron chi connectivity index (χ3n) is 4.44. The Morgan fingerprint density at radius 1 is 0.926 bits per heavy atom. The van der Waals surface area contributed by atoms with Gasteiger partial charge in [-0.05, 0) is 30.3 Å². The Kier molecular flexibility index (Phi) is 4.45. The van der Waals surface area contributed by atoms with E-state index in [9.17, 15) is 0 Å². The van der Waals surface area contributed by atoms with Gasteiger partial charge in [-0.2, -0.15) is 0 Å². The van der Waals surface area contributed by atoms with Gasteiger partial charge >= 0.3 is 0 Å². The number of nitrogens with zero attached hydrogens (tertiary/aromatic N) is 2. The molecule has 3 N–H and O–H groups in total. The van der Waals surface area contributed by atoms with Gasteiger partial charge in [0.25, 0.3) is 0 Å². The molecule has 0 saturated carbocycles. The maximum atomic E-state index is 6.43. The molecule has 2 heterocycles. The molecule has 0 spiro atoms. The lowest BCUT2D eigenvalue weighted by molar-refractivity contribution is 1.20. The van der Waals surface area contributed by atoms with Gasteiger partial charge in [-0.25, -0.2) is 4.98 Å². The number of para-hydroxylation sites is 1. The highest BCUT2D eigenvalue weighted by Gasteiger charge is 2.14. The molecule has 0 aliphatic carbocycles. The summed E-state index contributed by atoms with van der Waals surface area (Å²) < 4.78 is 1.95. The van der Waals surface area contributed by atoms with Gasteiger partial charge < -0.3 is 15.6 Å². The molecule has 2 aromatic carbocycles. The van der Waals surface area contributed by atoms with Crippen molar-refractivity contribution in [3.63, 3.8) is 0 Å². The predicted molar refractivity (Wildman–Crippen MR) is 115 cm³/mol. The molecule has 0 atom stereocenters. The van der Waals surface area contributed by atoms with Gasteiger partial charge in [0.2, 0.25) is 0 Å². The van der Waals surface area contributed by atoms with Crippen LogP contribution in [0.15, 0.2) is 85.6 Å². The van der Waals surface area contributed by atoms with E-state index in [1.54, 1.807) is 6.20 Å². The molecule has 4 rings (SSSR count). The van der Waals surface area contributed by atoms with Crippen LogP contribution in [0.25, 0.3) is 34.6 Å². The van der Waals surface area contributed by atoms with E-state index < -0.39 is 0 Å². The number of aromatic nitrogens is 2. The molecule has 0 amide bonds. The summed E-state index contributed by atoms with van der Waals surface area (Å²) in [5.74, 6) is 0. The van der Waals surface area contributed by atoms with Crippen LogP contribution in [0.4, 0.5) is 11.4 Å². The van der Waals surface area contributed by atoms with E-state index in [1.807, 2.05) is 89.6 Å². The highest BCUT2D eigenvalue weighted by Crippen LogP contribution is 2.31. The summed E-state index contributed by atoms with van der Waals surface area (Å²) in [6, 6.07) is 24.1. The van der Waals surface area contributed by atoms with E-state index in [0.717, 1.165) is 33.7 Å². The Morgan fingerprint density at radius 2 is 1.63 bits per heavy atom. The molecule has 0 bridgehead atoms. The number of fused-ring (bicyclic) bond motifs is 1. The van der Waals surface area contributed by atoms with Crippen molar-refractivity contribution in [2.75, 3.05) is 11.1 Å². The van der Waals surface area contributed by atoms with Gasteiger partial charge in [-0.3, -0.25) is 0 Å². The van der Waals surface area contributed by atoms with Crippen LogP contribution in [-0.2, 0) is 0 Å². The van der Waals surface area contributed by atoms with Crippen LogP contribution in [0.5, 0.6) is 0 Å². The molecular weight excluding hydrogens is 332 g/mol. The van der Waals surface area contributed by atoms with E-state index in [4.69, 9.17) is 10.7 Å². The van der Waals surface area contributed by atoms with E-state index >= 15 is 0 Å². The number of hydrogen-bond acceptors (Lipinski definition) is 3. The van der Waals surface area contributed by atoms with Gasteiger partial charge in [-0.15, -0.1) is 0 Å². The van der Waals surface area contributed by atoms with Crippen LogP contribution < -0.4 is 11.1 Å². The number of nitrogens with two attached hydrogens (primary N) is 1. The molecule has 4 heteroatoms. The first kappa shape index (κ1) is 16.7. The maximum absolute atomic E-state index is 6.43. The van der Waals surface area contributed by atoms with Crippen molar-refractivity contribution in [2.45, 2.75) is 0 Å². The first-order valence-electron chi connectivity index (χ1n) is 8.74. The van der Waals surface area contributed by atoms with Crippen LogP contribution in [-0.4, -0.2) is 9.55 Å². The molecule has 27 heavy (non-hydrogen) atoms. The fraction of sp³-hybridized carbons (Fsp3) is 0. The zero-order valence-corrected chi connectivity index (χ0v) is 14.8. The Balaban J connectivity index is 1.74. The highest BCUT2D eigenvalue weighted by atomic mass is 15.0. The van der Waals surface area contributed by atoms with Crippen LogP contribution in [0.2, 0.25) is 0 Å². The Morgan fingerprint density at radius 3 is 2.33 bits per heavy atom. The Hall–Kier alpha value is -3.79. The number of nitrogen functional groups attached to an aromatic ring is 1. The van der Waals surface area contributed by atoms with E-state index in [0.29, 0.717) is 5.69 Å². The zero-order valence-electron chi connectivity index (χ0n) is 14.8. The first-order chi connectivity index (χ1) is 13.3. The second-order valence-electron chi connectivity index (χ2n) is 6.13. The van der Waals surface area contributed by atoms with Gasteiger partial charge in [0.05, 0.1) is 22.6 Å². The minimum Gasteiger partial charge on any atom is -0.395 e. The average Bonchev–Trinajstić information content (AvgIpc) is 3.00. The van der Waals surface area contributed by atoms with Crippen LogP contribution in [0.3, 0.4) is 0 Å². The number of nitrogens with one attached hydrogen (secondary N) is 1. The lowest BCUT2D eigenvalue weighted by Crippen LogP contribution is -1.93. The fourth-order valence-electron chi connectivity index (χ4n) is 3.11. The summed E-state index contributed by atoms with van der Waals surface area (Å²) in [7, 11) is 0. The summed E-state index contributed by atoms with van der Waals surface area (Å²) in [5.41, 5.74) is 12.6. The minimum atomic E-state index is 0.633. The number of benzene rings is 2. The third kappa shape index (κ3) is 3.20. The monoisotopic (exact) mass is 352 g/mol. The molecular formula is C23H20N4. The molecule has 0 fully saturated rings. The normalized spacial score (nSPS) is 11.1. The molecule has 4 aromatic rings. The van der Waals surface area contributed by atoms with Crippen molar-refractivity contribution >= 4 is 34.7 Å². The SMILES string of the molecule is C=Cn1c(/C=C\Nc2ccccc2)c(N)c2nc(-c3ccccc3)ccc21. The molecule has 0 radical (unpaired) electrons. The lowest BCUT2D eigenvalue weighted by Gasteiger charge is -2.03. The topological polar surface area (TPSA) is 55.9 Å². The number of pyridine rings is 1. The third-order valence-corrected chi connectivity index (χ3v) is 4.44. The maximum Gasteiger partial charge on any atom is 0.113 e. The van der Waals surface area contributed by atoms with Crippen molar-refractivity contribution < 1.29 is 0 Å². The number of anilines is 2. The summed E-state index contributed by atoms with van der Waals surface area (Å²) in [6.45, 7) is 3.93. The van der Waals surface area contributed by atoms with Crippen LogP contribution >= 0.6 is 0 Å². The molecule has 2 aromatic heterocycles. The van der Waals surface area contributed by atoms with Crippen molar-refractivity contribution in [2.24, 2.45) is 0 Å². The number of hydrogen-bond donors (Lipinski definition) is 2. The quantitative estimate of drug-likeness (QED) is 0.501. The molecule has 0 unspecified atom stereocenters. The average molecular weight is 352 g/mol. The van der Waals surface area contributed by atoms with Gasteiger partial charge in [0.1, 0.15) is 5.52 Å². The molecule has 0 aliphatic heterocycles. The van der Waals surface area contributed by atoms with E-state index in [1.165, 1.54) is 0 Å². The lowest BCUT2D eigenvalue weighted by atomic mass is 10.1. The fourth-order valence-corrected chi connectivity index (χ4v) is 3.11. The largest absolute Gasteiger partial charge is 0.395 e. The Labute approximate surface area is 158 Å². The molecule has 132 valence electrons. The zero-order chi connectivity index (χ0) is 18.6. The van der Waals surface area contributed by atoms with Crippen molar-refractivity contribution in [1.29, 1.82) is 0 Å². The summed E-state index contributed by atoms with van der Waals surface area (Å²) in [5, 5.41) is 3.25. The molecule has 4 nitrogen and oxygen atoms in total. The van der Waals surface area contributed by atoms with E-state index in [-0.39, 0.29) is 0 Å². The summed E-state index contributed by atoms with van der Waals surface area (Å²) in [4.78, 5) is 4.79. The van der Waals surface area contributed by atoms with Gasteiger partial charge in [0, 0.05) is 23.7 Å². The van der Waals surface area contributed by atoms with Gasteiger partial charge in [-0.1, -0.05) is 55.1 Å². The summed E-state index contributed by atoms with van der Waals surface area (Å²) in [6.07, 6.45) is 5.57.